The molecule has 0 bridgehead atoms. The number of hydrogen-bond donors (Lipinski definition) is 4. The van der Waals surface area contributed by atoms with Gasteiger partial charge in [-0.15, -0.1) is 0 Å². The Morgan fingerprint density at radius 2 is 1.91 bits per heavy atom. The van der Waals surface area contributed by atoms with E-state index in [1.54, 1.807) is 18.2 Å². The van der Waals surface area contributed by atoms with Gasteiger partial charge in [0.25, 0.3) is 0 Å². The lowest BCUT2D eigenvalue weighted by Crippen LogP contribution is -2.35. The van der Waals surface area contributed by atoms with E-state index in [1.807, 2.05) is 32.9 Å². The molecule has 1 heterocycles. The van der Waals surface area contributed by atoms with E-state index in [1.165, 1.54) is 19.4 Å². The summed E-state index contributed by atoms with van der Waals surface area (Å²) in [5, 5.41) is 38.9. The number of aromatic hydroxyl groups is 1. The second-order valence-electron chi connectivity index (χ2n) is 9.80. The van der Waals surface area contributed by atoms with Crippen molar-refractivity contribution in [2.45, 2.75) is 90.4 Å². The molecule has 2 unspecified atom stereocenters. The standard InChI is InChI=1S/C27H38O6/c1-18(8-6-10-20(25(30)31)11-12-23(29)26(3,4)32)9-7-14-27(5)15-13-21-17-22(28)16-19(2)24(21)33-27/h9-10,13,15-17,23,28-29,32H,6-8,11-12,14H2,1-5H3,(H,30,31)/b18-9+,20-10-. The minimum atomic E-state index is -1.25. The van der Waals surface area contributed by atoms with Gasteiger partial charge >= 0.3 is 5.97 Å². The Hall–Kier alpha value is -2.57. The van der Waals surface area contributed by atoms with Crippen LogP contribution in [0, 0.1) is 6.92 Å². The SMILES string of the molecule is C/C(=C\CCC1(C)C=Cc2cc(O)cc(C)c2O1)CC/C=C(/CCC(O)C(C)(C)O)C(=O)O. The summed E-state index contributed by atoms with van der Waals surface area (Å²) in [5.41, 5.74) is 1.55. The topological polar surface area (TPSA) is 107 Å². The van der Waals surface area contributed by atoms with Gasteiger partial charge in [-0.1, -0.05) is 23.8 Å². The van der Waals surface area contributed by atoms with Crippen LogP contribution in [0.1, 0.15) is 77.3 Å². The van der Waals surface area contributed by atoms with Crippen molar-refractivity contribution in [3.05, 3.63) is 52.6 Å². The number of aliphatic hydroxyl groups excluding tert-OH is 1. The van der Waals surface area contributed by atoms with E-state index in [0.717, 1.165) is 36.1 Å². The molecule has 1 aromatic carbocycles. The molecule has 0 aliphatic carbocycles. The van der Waals surface area contributed by atoms with Crippen LogP contribution < -0.4 is 4.74 Å². The summed E-state index contributed by atoms with van der Waals surface area (Å²) in [6.07, 6.45) is 10.3. The van der Waals surface area contributed by atoms with Crippen molar-refractivity contribution >= 4 is 12.0 Å². The molecule has 0 fully saturated rings. The first-order chi connectivity index (χ1) is 15.3. The van der Waals surface area contributed by atoms with Gasteiger partial charge in [0.1, 0.15) is 17.1 Å². The van der Waals surface area contributed by atoms with Gasteiger partial charge in [-0.05, 0) is 96.9 Å². The zero-order chi connectivity index (χ0) is 24.8. The van der Waals surface area contributed by atoms with Crippen LogP contribution in [0.25, 0.3) is 6.08 Å². The van der Waals surface area contributed by atoms with Gasteiger partial charge in [0.15, 0.2) is 0 Å². The molecule has 1 aliphatic heterocycles. The zero-order valence-electron chi connectivity index (χ0n) is 20.4. The summed E-state index contributed by atoms with van der Waals surface area (Å²) < 4.78 is 6.26. The lowest BCUT2D eigenvalue weighted by molar-refractivity contribution is -0.133. The van der Waals surface area contributed by atoms with Crippen molar-refractivity contribution < 1.29 is 30.0 Å². The second kappa shape index (κ2) is 11.0. The number of ether oxygens (including phenoxy) is 1. The molecule has 0 spiro atoms. The number of hydrogen-bond acceptors (Lipinski definition) is 5. The maximum atomic E-state index is 11.5. The van der Waals surface area contributed by atoms with E-state index >= 15 is 0 Å². The van der Waals surface area contributed by atoms with Gasteiger partial charge in [-0.2, -0.15) is 0 Å². The number of benzene rings is 1. The van der Waals surface area contributed by atoms with Crippen LogP contribution in [0.3, 0.4) is 0 Å². The molecule has 0 amide bonds. The van der Waals surface area contributed by atoms with E-state index in [0.29, 0.717) is 6.42 Å². The third kappa shape index (κ3) is 8.06. The van der Waals surface area contributed by atoms with E-state index in [-0.39, 0.29) is 24.2 Å². The highest BCUT2D eigenvalue weighted by Crippen LogP contribution is 2.38. The third-order valence-corrected chi connectivity index (χ3v) is 6.08. The Morgan fingerprint density at radius 3 is 2.55 bits per heavy atom. The van der Waals surface area contributed by atoms with E-state index in [2.05, 4.69) is 6.08 Å². The maximum Gasteiger partial charge on any atom is 0.331 e. The Morgan fingerprint density at radius 1 is 1.21 bits per heavy atom. The Kier molecular flexibility index (Phi) is 8.92. The van der Waals surface area contributed by atoms with E-state index < -0.39 is 23.3 Å². The Labute approximate surface area is 196 Å². The normalized spacial score (nSPS) is 19.7. The first-order valence-corrected chi connectivity index (χ1v) is 11.5. The number of carboxylic acid groups (broad SMARTS) is 1. The molecule has 0 saturated heterocycles. The number of phenolic OH excluding ortho intramolecular Hbond substituents is 1. The molecule has 0 aromatic heterocycles. The fourth-order valence-corrected chi connectivity index (χ4v) is 3.84. The number of fused-ring (bicyclic) bond motifs is 1. The molecule has 0 radical (unpaired) electrons. The van der Waals surface area contributed by atoms with Gasteiger partial charge in [0.05, 0.1) is 11.7 Å². The summed E-state index contributed by atoms with van der Waals surface area (Å²) in [4.78, 5) is 11.5. The molecule has 33 heavy (non-hydrogen) atoms. The molecule has 6 heteroatoms. The molecule has 4 N–H and O–H groups in total. The predicted molar refractivity (Wildman–Crippen MR) is 130 cm³/mol. The van der Waals surface area contributed by atoms with Crippen molar-refractivity contribution in [1.82, 2.24) is 0 Å². The summed E-state index contributed by atoms with van der Waals surface area (Å²) in [5.74, 6) is 0.0485. The van der Waals surface area contributed by atoms with E-state index in [4.69, 9.17) is 4.74 Å². The number of aliphatic hydroxyl groups is 2. The number of aryl methyl sites for hydroxylation is 1. The highest BCUT2D eigenvalue weighted by molar-refractivity contribution is 5.86. The number of phenols is 1. The summed E-state index contributed by atoms with van der Waals surface area (Å²) in [7, 11) is 0. The van der Waals surface area contributed by atoms with Crippen molar-refractivity contribution in [1.29, 1.82) is 0 Å². The number of carbonyl (C=O) groups is 1. The number of rotatable bonds is 11. The average Bonchev–Trinajstić information content (AvgIpc) is 2.70. The number of carboxylic acids is 1. The second-order valence-corrected chi connectivity index (χ2v) is 9.80. The van der Waals surface area contributed by atoms with Crippen LogP contribution in [0.2, 0.25) is 0 Å². The van der Waals surface area contributed by atoms with Crippen LogP contribution in [-0.4, -0.2) is 43.7 Å². The molecular weight excluding hydrogens is 420 g/mol. The predicted octanol–water partition coefficient (Wildman–Crippen LogP) is 5.29. The number of aliphatic carboxylic acids is 1. The first-order valence-electron chi connectivity index (χ1n) is 11.5. The van der Waals surface area contributed by atoms with Crippen LogP contribution in [0.15, 0.2) is 41.5 Å². The molecule has 0 saturated carbocycles. The quantitative estimate of drug-likeness (QED) is 0.265. The van der Waals surface area contributed by atoms with Crippen LogP contribution in [0.4, 0.5) is 0 Å². The first kappa shape index (κ1) is 26.7. The highest BCUT2D eigenvalue weighted by atomic mass is 16.5. The average molecular weight is 459 g/mol. The molecule has 1 aromatic rings. The largest absolute Gasteiger partial charge is 0.508 e. The molecule has 182 valence electrons. The monoisotopic (exact) mass is 458 g/mol. The van der Waals surface area contributed by atoms with Crippen molar-refractivity contribution in [2.75, 3.05) is 0 Å². The van der Waals surface area contributed by atoms with Gasteiger partial charge in [0, 0.05) is 11.1 Å². The van der Waals surface area contributed by atoms with Gasteiger partial charge in [-0.25, -0.2) is 4.79 Å². The Bertz CT molecular complexity index is 935. The van der Waals surface area contributed by atoms with Crippen molar-refractivity contribution in [3.8, 4) is 11.5 Å². The van der Waals surface area contributed by atoms with Crippen molar-refractivity contribution in [3.63, 3.8) is 0 Å². The van der Waals surface area contributed by atoms with Gasteiger partial charge < -0.3 is 25.2 Å². The van der Waals surface area contributed by atoms with Crippen LogP contribution in [-0.2, 0) is 4.79 Å². The van der Waals surface area contributed by atoms with Crippen LogP contribution >= 0.6 is 0 Å². The minimum Gasteiger partial charge on any atom is -0.508 e. The smallest absolute Gasteiger partial charge is 0.331 e. The fourth-order valence-electron chi connectivity index (χ4n) is 3.84. The lowest BCUT2D eigenvalue weighted by atomic mass is 9.93. The highest BCUT2D eigenvalue weighted by Gasteiger charge is 2.28. The summed E-state index contributed by atoms with van der Waals surface area (Å²) >= 11 is 0. The lowest BCUT2D eigenvalue weighted by Gasteiger charge is -2.32. The fraction of sp³-hybridized carbons (Fsp3) is 0.519. The van der Waals surface area contributed by atoms with Crippen LogP contribution in [0.5, 0.6) is 11.5 Å². The molecule has 1 aliphatic rings. The molecular formula is C27H38O6. The molecule has 6 nitrogen and oxygen atoms in total. The Balaban J connectivity index is 1.87. The maximum absolute atomic E-state index is 11.5. The third-order valence-electron chi connectivity index (χ3n) is 6.08. The summed E-state index contributed by atoms with van der Waals surface area (Å²) in [6, 6.07) is 3.40. The molecule has 2 atom stereocenters. The molecule has 2 rings (SSSR count). The number of allylic oxidation sites excluding steroid dienone is 3. The summed E-state index contributed by atoms with van der Waals surface area (Å²) in [6.45, 7) is 9.03. The van der Waals surface area contributed by atoms with Gasteiger partial charge in [0.2, 0.25) is 0 Å². The van der Waals surface area contributed by atoms with Crippen molar-refractivity contribution in [2.24, 2.45) is 0 Å². The zero-order valence-corrected chi connectivity index (χ0v) is 20.4. The van der Waals surface area contributed by atoms with E-state index in [9.17, 15) is 25.2 Å². The minimum absolute atomic E-state index is 0.199. The van der Waals surface area contributed by atoms with Gasteiger partial charge in [-0.3, -0.25) is 0 Å².